The van der Waals surface area contributed by atoms with Gasteiger partial charge in [0.25, 0.3) is 0 Å². The van der Waals surface area contributed by atoms with Crippen molar-refractivity contribution in [3.63, 3.8) is 0 Å². The average molecular weight is 216 g/mol. The molecule has 1 aliphatic carbocycles. The third kappa shape index (κ3) is 2.37. The molecule has 1 fully saturated rings. The van der Waals surface area contributed by atoms with E-state index in [-0.39, 0.29) is 18.8 Å². The maximum absolute atomic E-state index is 12.9. The molecule has 15 heavy (non-hydrogen) atoms. The fourth-order valence-electron chi connectivity index (χ4n) is 2.09. The molecule has 0 spiro atoms. The number of aliphatic hydroxyl groups is 1. The van der Waals surface area contributed by atoms with Gasteiger partial charge in [0, 0.05) is 18.4 Å². The van der Waals surface area contributed by atoms with Crippen molar-refractivity contribution >= 4 is 0 Å². The van der Waals surface area contributed by atoms with Crippen LogP contribution in [0.15, 0.2) is 23.0 Å². The molecule has 0 amide bonds. The molecular weight excluding hydrogens is 202 g/mol. The zero-order valence-corrected chi connectivity index (χ0v) is 8.33. The zero-order chi connectivity index (χ0) is 10.9. The van der Waals surface area contributed by atoms with Crippen molar-refractivity contribution in [1.82, 2.24) is 0 Å². The molecule has 84 valence electrons. The Morgan fingerprint density at radius 2 is 2.07 bits per heavy atom. The first-order chi connectivity index (χ1) is 7.08. The molecule has 1 aliphatic rings. The van der Waals surface area contributed by atoms with E-state index in [0.29, 0.717) is 18.4 Å². The average Bonchev–Trinajstić information content (AvgIpc) is 2.69. The molecule has 0 aromatic carbocycles. The van der Waals surface area contributed by atoms with Gasteiger partial charge in [0.05, 0.1) is 18.6 Å². The number of hydrogen-bond donors (Lipinski definition) is 1. The number of hydrogen-bond acceptors (Lipinski definition) is 2. The number of halogens is 2. The predicted octanol–water partition coefficient (Wildman–Crippen LogP) is 3.14. The van der Waals surface area contributed by atoms with Crippen LogP contribution >= 0.6 is 0 Å². The molecule has 1 atom stereocenters. The number of furan rings is 1. The van der Waals surface area contributed by atoms with Crippen molar-refractivity contribution in [2.45, 2.75) is 37.7 Å². The lowest BCUT2D eigenvalue weighted by molar-refractivity contribution is -0.0627. The van der Waals surface area contributed by atoms with E-state index in [2.05, 4.69) is 0 Å². The molecule has 0 saturated heterocycles. The van der Waals surface area contributed by atoms with E-state index in [4.69, 9.17) is 4.42 Å². The van der Waals surface area contributed by atoms with E-state index < -0.39 is 12.0 Å². The van der Waals surface area contributed by atoms with Crippen LogP contribution in [-0.4, -0.2) is 11.0 Å². The van der Waals surface area contributed by atoms with Crippen LogP contribution in [0.2, 0.25) is 0 Å². The smallest absolute Gasteiger partial charge is 0.248 e. The highest BCUT2D eigenvalue weighted by Gasteiger charge is 2.37. The van der Waals surface area contributed by atoms with Gasteiger partial charge in [-0.25, -0.2) is 8.78 Å². The number of rotatable bonds is 2. The molecule has 4 heteroatoms. The Morgan fingerprint density at radius 1 is 1.40 bits per heavy atom. The highest BCUT2D eigenvalue weighted by atomic mass is 19.3. The van der Waals surface area contributed by atoms with E-state index in [0.717, 1.165) is 0 Å². The second-order valence-electron chi connectivity index (χ2n) is 4.19. The van der Waals surface area contributed by atoms with Crippen molar-refractivity contribution in [3.8, 4) is 0 Å². The Labute approximate surface area is 86.9 Å². The summed E-state index contributed by atoms with van der Waals surface area (Å²) in [5.41, 5.74) is 0.685. The highest BCUT2D eigenvalue weighted by Crippen LogP contribution is 2.41. The van der Waals surface area contributed by atoms with Gasteiger partial charge in [-0.1, -0.05) is 0 Å². The van der Waals surface area contributed by atoms with Crippen molar-refractivity contribution in [2.75, 3.05) is 0 Å². The minimum absolute atomic E-state index is 0.0674. The molecular formula is C11H14F2O2. The molecule has 0 bridgehead atoms. The van der Waals surface area contributed by atoms with Crippen molar-refractivity contribution < 1.29 is 18.3 Å². The fraction of sp³-hybridized carbons (Fsp3) is 0.636. The SMILES string of the molecule is OC(c1ccoc1)C1CCC(F)(F)CC1. The van der Waals surface area contributed by atoms with E-state index in [9.17, 15) is 13.9 Å². The van der Waals surface area contributed by atoms with Crippen LogP contribution in [0.4, 0.5) is 8.78 Å². The maximum atomic E-state index is 12.9. The van der Waals surface area contributed by atoms with Crippen LogP contribution in [0.1, 0.15) is 37.4 Å². The Hall–Kier alpha value is -0.900. The lowest BCUT2D eigenvalue weighted by atomic mass is 9.81. The van der Waals surface area contributed by atoms with Crippen LogP contribution in [0.3, 0.4) is 0 Å². The summed E-state index contributed by atoms with van der Waals surface area (Å²) in [4.78, 5) is 0. The molecule has 1 aromatic heterocycles. The van der Waals surface area contributed by atoms with Crippen molar-refractivity contribution in [3.05, 3.63) is 24.2 Å². The first-order valence-electron chi connectivity index (χ1n) is 5.16. The van der Waals surface area contributed by atoms with Gasteiger partial charge in [-0.05, 0) is 24.8 Å². The second kappa shape index (κ2) is 3.93. The molecule has 0 aliphatic heterocycles. The van der Waals surface area contributed by atoms with Gasteiger partial charge in [0.1, 0.15) is 0 Å². The summed E-state index contributed by atoms with van der Waals surface area (Å²) in [6, 6.07) is 1.68. The normalized spacial score (nSPS) is 23.9. The quantitative estimate of drug-likeness (QED) is 0.823. The largest absolute Gasteiger partial charge is 0.472 e. The summed E-state index contributed by atoms with van der Waals surface area (Å²) in [7, 11) is 0. The predicted molar refractivity (Wildman–Crippen MR) is 50.6 cm³/mol. The summed E-state index contributed by atoms with van der Waals surface area (Å²) >= 11 is 0. The van der Waals surface area contributed by atoms with Gasteiger partial charge < -0.3 is 9.52 Å². The highest BCUT2D eigenvalue weighted by molar-refractivity contribution is 5.10. The second-order valence-corrected chi connectivity index (χ2v) is 4.19. The molecule has 1 N–H and O–H groups in total. The van der Waals surface area contributed by atoms with Crippen LogP contribution in [0.25, 0.3) is 0 Å². The molecule has 1 heterocycles. The Balaban J connectivity index is 1.96. The van der Waals surface area contributed by atoms with E-state index in [1.807, 2.05) is 0 Å². The third-order valence-electron chi connectivity index (χ3n) is 3.09. The lowest BCUT2D eigenvalue weighted by Gasteiger charge is -2.30. The molecule has 1 saturated carbocycles. The van der Waals surface area contributed by atoms with E-state index >= 15 is 0 Å². The summed E-state index contributed by atoms with van der Waals surface area (Å²) in [5.74, 6) is -2.60. The van der Waals surface area contributed by atoms with Crippen molar-refractivity contribution in [1.29, 1.82) is 0 Å². The minimum Gasteiger partial charge on any atom is -0.472 e. The number of alkyl halides is 2. The van der Waals surface area contributed by atoms with Crippen LogP contribution < -0.4 is 0 Å². The summed E-state index contributed by atoms with van der Waals surface area (Å²) in [6.45, 7) is 0. The van der Waals surface area contributed by atoms with Crippen LogP contribution in [0.5, 0.6) is 0 Å². The third-order valence-corrected chi connectivity index (χ3v) is 3.09. The van der Waals surface area contributed by atoms with Gasteiger partial charge in [0.2, 0.25) is 5.92 Å². The van der Waals surface area contributed by atoms with Gasteiger partial charge in [-0.15, -0.1) is 0 Å². The minimum atomic E-state index is -2.54. The Bertz CT molecular complexity index is 298. The maximum Gasteiger partial charge on any atom is 0.248 e. The van der Waals surface area contributed by atoms with Crippen LogP contribution in [0, 0.1) is 5.92 Å². The standard InChI is InChI=1S/C11H14F2O2/c12-11(13)4-1-8(2-5-11)10(14)9-3-6-15-7-9/h3,6-8,10,14H,1-2,4-5H2. The van der Waals surface area contributed by atoms with Crippen LogP contribution in [-0.2, 0) is 0 Å². The summed E-state index contributed by atoms with van der Waals surface area (Å²) in [5, 5.41) is 9.90. The van der Waals surface area contributed by atoms with Gasteiger partial charge in [0.15, 0.2) is 0 Å². The molecule has 2 nitrogen and oxygen atoms in total. The van der Waals surface area contributed by atoms with Gasteiger partial charge >= 0.3 is 0 Å². The molecule has 1 unspecified atom stereocenters. The fourth-order valence-corrected chi connectivity index (χ4v) is 2.09. The molecule has 1 aromatic rings. The Morgan fingerprint density at radius 3 is 2.60 bits per heavy atom. The molecule has 2 rings (SSSR count). The van der Waals surface area contributed by atoms with E-state index in [1.165, 1.54) is 12.5 Å². The summed E-state index contributed by atoms with van der Waals surface area (Å²) in [6.07, 6.45) is 2.80. The Kier molecular flexibility index (Phi) is 2.78. The van der Waals surface area contributed by atoms with E-state index in [1.54, 1.807) is 6.07 Å². The number of aliphatic hydroxyl groups excluding tert-OH is 1. The van der Waals surface area contributed by atoms with Gasteiger partial charge in [-0.2, -0.15) is 0 Å². The molecule has 0 radical (unpaired) electrons. The first-order valence-corrected chi connectivity index (χ1v) is 5.16. The zero-order valence-electron chi connectivity index (χ0n) is 8.33. The lowest BCUT2D eigenvalue weighted by Crippen LogP contribution is -2.27. The monoisotopic (exact) mass is 216 g/mol. The topological polar surface area (TPSA) is 33.4 Å². The van der Waals surface area contributed by atoms with Gasteiger partial charge in [-0.3, -0.25) is 0 Å². The van der Waals surface area contributed by atoms with Crippen molar-refractivity contribution in [2.24, 2.45) is 5.92 Å². The summed E-state index contributed by atoms with van der Waals surface area (Å²) < 4.78 is 30.6. The first kappa shape index (κ1) is 10.6.